The van der Waals surface area contributed by atoms with Crippen molar-refractivity contribution in [2.24, 2.45) is 5.92 Å². The zero-order chi connectivity index (χ0) is 15.0. The molecule has 0 aliphatic carbocycles. The van der Waals surface area contributed by atoms with Crippen molar-refractivity contribution in [3.8, 4) is 5.75 Å². The zero-order valence-electron chi connectivity index (χ0n) is 14.6. The second-order valence-corrected chi connectivity index (χ2v) is 8.14. The van der Waals surface area contributed by atoms with Gasteiger partial charge in [-0.3, -0.25) is 0 Å². The molecule has 0 atom stereocenters. The van der Waals surface area contributed by atoms with Crippen molar-refractivity contribution in [1.82, 2.24) is 6.15 Å². The molecule has 0 aliphatic heterocycles. The van der Waals surface area contributed by atoms with Crippen LogP contribution in [0.4, 0.5) is 0 Å². The van der Waals surface area contributed by atoms with E-state index in [0.717, 1.165) is 17.5 Å². The molecular weight excluding hydrogens is 246 g/mol. The highest BCUT2D eigenvalue weighted by Crippen LogP contribution is 2.40. The fourth-order valence-corrected chi connectivity index (χ4v) is 2.43. The molecule has 0 bridgehead atoms. The van der Waals surface area contributed by atoms with Crippen molar-refractivity contribution in [2.45, 2.75) is 72.6 Å². The predicted molar refractivity (Wildman–Crippen MR) is 89.1 cm³/mol. The largest absolute Gasteiger partial charge is 0.507 e. The molecule has 0 spiro atoms. The van der Waals surface area contributed by atoms with Crippen LogP contribution in [0.3, 0.4) is 0 Å². The van der Waals surface area contributed by atoms with Crippen LogP contribution in [0.1, 0.15) is 72.1 Å². The van der Waals surface area contributed by atoms with Crippen LogP contribution >= 0.6 is 0 Å². The molecule has 0 saturated carbocycles. The molecule has 0 amide bonds. The van der Waals surface area contributed by atoms with Gasteiger partial charge in [0.15, 0.2) is 0 Å². The normalized spacial score (nSPS) is 12.4. The fourth-order valence-electron chi connectivity index (χ4n) is 2.43. The number of benzene rings is 1. The third kappa shape index (κ3) is 4.52. The average Bonchev–Trinajstić information content (AvgIpc) is 2.16. The molecule has 20 heavy (non-hydrogen) atoms. The van der Waals surface area contributed by atoms with Gasteiger partial charge in [0.05, 0.1) is 0 Å². The van der Waals surface area contributed by atoms with E-state index in [1.165, 1.54) is 5.56 Å². The van der Waals surface area contributed by atoms with E-state index >= 15 is 0 Å². The number of aromatic hydroxyl groups is 1. The quantitative estimate of drug-likeness (QED) is 0.767. The molecule has 116 valence electrons. The number of phenolic OH excluding ortho intramolecular Hbond substituents is 1. The summed E-state index contributed by atoms with van der Waals surface area (Å²) in [7, 11) is 0. The minimum atomic E-state index is -0.0307. The molecule has 2 nitrogen and oxygen atoms in total. The molecular formula is C18H33NO. The zero-order valence-corrected chi connectivity index (χ0v) is 14.6. The molecule has 0 aromatic heterocycles. The van der Waals surface area contributed by atoms with Crippen LogP contribution in [0.15, 0.2) is 12.1 Å². The molecule has 4 N–H and O–H groups in total. The Morgan fingerprint density at radius 1 is 0.900 bits per heavy atom. The number of hydrogen-bond donors (Lipinski definition) is 2. The minimum Gasteiger partial charge on any atom is -0.507 e. The number of hydrogen-bond acceptors (Lipinski definition) is 2. The first-order valence-corrected chi connectivity index (χ1v) is 7.29. The second-order valence-electron chi connectivity index (χ2n) is 8.14. The van der Waals surface area contributed by atoms with E-state index in [1.807, 2.05) is 0 Å². The Hall–Kier alpha value is -1.02. The molecule has 0 unspecified atom stereocenters. The summed E-state index contributed by atoms with van der Waals surface area (Å²) in [6.45, 7) is 17.4. The highest BCUT2D eigenvalue weighted by Gasteiger charge is 2.26. The van der Waals surface area contributed by atoms with Crippen molar-refractivity contribution in [2.75, 3.05) is 0 Å². The van der Waals surface area contributed by atoms with Crippen LogP contribution in [0.5, 0.6) is 5.75 Å². The summed E-state index contributed by atoms with van der Waals surface area (Å²) < 4.78 is 0. The van der Waals surface area contributed by atoms with Gasteiger partial charge in [0, 0.05) is 0 Å². The first-order chi connectivity index (χ1) is 8.43. The van der Waals surface area contributed by atoms with E-state index in [2.05, 4.69) is 67.5 Å². The number of rotatable bonds is 2. The topological polar surface area (TPSA) is 55.2 Å². The second kappa shape index (κ2) is 6.17. The molecule has 2 heteroatoms. The lowest BCUT2D eigenvalue weighted by Gasteiger charge is -2.28. The van der Waals surface area contributed by atoms with Crippen LogP contribution in [0.25, 0.3) is 0 Å². The summed E-state index contributed by atoms with van der Waals surface area (Å²) in [5.41, 5.74) is 3.41. The fraction of sp³-hybridized carbons (Fsp3) is 0.667. The van der Waals surface area contributed by atoms with Gasteiger partial charge < -0.3 is 11.3 Å². The van der Waals surface area contributed by atoms with Gasteiger partial charge in [-0.15, -0.1) is 0 Å². The van der Waals surface area contributed by atoms with E-state index < -0.39 is 0 Å². The summed E-state index contributed by atoms with van der Waals surface area (Å²) in [6.07, 6.45) is 1.06. The molecule has 1 aromatic carbocycles. The third-order valence-corrected chi connectivity index (χ3v) is 3.43. The highest BCUT2D eigenvalue weighted by atomic mass is 16.3. The Morgan fingerprint density at radius 3 is 1.50 bits per heavy atom. The van der Waals surface area contributed by atoms with Crippen LogP contribution < -0.4 is 6.15 Å². The number of phenols is 1. The van der Waals surface area contributed by atoms with E-state index in [0.29, 0.717) is 11.7 Å². The third-order valence-electron chi connectivity index (χ3n) is 3.43. The van der Waals surface area contributed by atoms with Crippen LogP contribution in [0.2, 0.25) is 0 Å². The maximum Gasteiger partial charge on any atom is 0.123 e. The summed E-state index contributed by atoms with van der Waals surface area (Å²) in [5, 5.41) is 10.6. The molecule has 1 rings (SSSR count). The molecule has 1 aromatic rings. The molecule has 0 aliphatic rings. The van der Waals surface area contributed by atoms with Crippen molar-refractivity contribution >= 4 is 0 Å². The lowest BCUT2D eigenvalue weighted by Crippen LogP contribution is -2.18. The van der Waals surface area contributed by atoms with E-state index in [1.54, 1.807) is 0 Å². The van der Waals surface area contributed by atoms with E-state index in [4.69, 9.17) is 0 Å². The predicted octanol–water partition coefficient (Wildman–Crippen LogP) is 5.35. The first kappa shape index (κ1) is 19.0. The van der Waals surface area contributed by atoms with Gasteiger partial charge in [0.2, 0.25) is 0 Å². The molecule has 0 heterocycles. The lowest BCUT2D eigenvalue weighted by molar-refractivity contribution is 0.422. The van der Waals surface area contributed by atoms with Gasteiger partial charge in [-0.2, -0.15) is 0 Å². The Bertz CT molecular complexity index is 412. The highest BCUT2D eigenvalue weighted by molar-refractivity contribution is 5.49. The maximum absolute atomic E-state index is 10.6. The maximum atomic E-state index is 10.6. The monoisotopic (exact) mass is 279 g/mol. The van der Waals surface area contributed by atoms with Gasteiger partial charge in [-0.05, 0) is 39.9 Å². The van der Waals surface area contributed by atoms with Crippen LogP contribution in [0, 0.1) is 5.92 Å². The average molecular weight is 279 g/mol. The molecule has 0 radical (unpaired) electrons. The SMILES string of the molecule is CC(C)Cc1cc(C(C)(C)C)c(O)c(C(C)(C)C)c1.N. The summed E-state index contributed by atoms with van der Waals surface area (Å²) in [6, 6.07) is 4.37. The Balaban J connectivity index is 0.00000361. The van der Waals surface area contributed by atoms with Gasteiger partial charge in [0.1, 0.15) is 5.75 Å². The molecule has 0 fully saturated rings. The summed E-state index contributed by atoms with van der Waals surface area (Å²) in [5.74, 6) is 1.11. The Morgan fingerprint density at radius 2 is 1.25 bits per heavy atom. The molecule has 0 saturated heterocycles. The van der Waals surface area contributed by atoms with Gasteiger partial charge in [0.25, 0.3) is 0 Å². The van der Waals surface area contributed by atoms with E-state index in [-0.39, 0.29) is 17.0 Å². The Labute approximate surface area is 125 Å². The van der Waals surface area contributed by atoms with Crippen LogP contribution in [-0.4, -0.2) is 5.11 Å². The summed E-state index contributed by atoms with van der Waals surface area (Å²) >= 11 is 0. The van der Waals surface area contributed by atoms with Gasteiger partial charge in [-0.1, -0.05) is 67.5 Å². The van der Waals surface area contributed by atoms with Crippen molar-refractivity contribution < 1.29 is 5.11 Å². The van der Waals surface area contributed by atoms with Crippen molar-refractivity contribution in [3.05, 3.63) is 28.8 Å². The van der Waals surface area contributed by atoms with Crippen molar-refractivity contribution in [3.63, 3.8) is 0 Å². The summed E-state index contributed by atoms with van der Waals surface area (Å²) in [4.78, 5) is 0. The van der Waals surface area contributed by atoms with Crippen molar-refractivity contribution in [1.29, 1.82) is 0 Å². The lowest BCUT2D eigenvalue weighted by atomic mass is 9.77. The Kier molecular flexibility index (Phi) is 5.86. The minimum absolute atomic E-state index is 0. The van der Waals surface area contributed by atoms with Crippen LogP contribution in [-0.2, 0) is 17.3 Å². The van der Waals surface area contributed by atoms with Gasteiger partial charge >= 0.3 is 0 Å². The van der Waals surface area contributed by atoms with Gasteiger partial charge in [-0.25, -0.2) is 0 Å². The first-order valence-electron chi connectivity index (χ1n) is 7.29. The smallest absolute Gasteiger partial charge is 0.123 e. The van der Waals surface area contributed by atoms with E-state index in [9.17, 15) is 5.11 Å². The standard InChI is InChI=1S/C18H30O.H3N/c1-12(2)9-13-10-14(17(3,4)5)16(19)15(11-13)18(6,7)8;/h10-12,19H,9H2,1-8H3;1H3.